The van der Waals surface area contributed by atoms with Gasteiger partial charge in [0.2, 0.25) is 0 Å². The minimum Gasteiger partial charge on any atom is -0.358 e. The maximum absolute atomic E-state index is 8.63. The van der Waals surface area contributed by atoms with Crippen molar-refractivity contribution in [1.82, 2.24) is 9.97 Å². The third kappa shape index (κ3) is 3.31. The van der Waals surface area contributed by atoms with Gasteiger partial charge in [0, 0.05) is 25.6 Å². The van der Waals surface area contributed by atoms with Gasteiger partial charge in [-0.15, -0.1) is 0 Å². The van der Waals surface area contributed by atoms with Crippen molar-refractivity contribution in [3.8, 4) is 6.07 Å². The molecule has 98 valence electrons. The fourth-order valence-corrected chi connectivity index (χ4v) is 1.72. The van der Waals surface area contributed by atoms with Gasteiger partial charge < -0.3 is 10.3 Å². The quantitative estimate of drug-likeness (QED) is 0.583. The van der Waals surface area contributed by atoms with E-state index in [4.69, 9.17) is 11.1 Å². The lowest BCUT2D eigenvalue weighted by molar-refractivity contribution is 0.806. The van der Waals surface area contributed by atoms with Crippen LogP contribution in [0.15, 0.2) is 0 Å². The second kappa shape index (κ2) is 6.77. The number of rotatable bonds is 6. The van der Waals surface area contributed by atoms with Gasteiger partial charge in [-0.05, 0) is 13.3 Å². The second-order valence-corrected chi connectivity index (χ2v) is 4.16. The number of hydrogen-bond donors (Lipinski definition) is 2. The Morgan fingerprint density at radius 2 is 2.17 bits per heavy atom. The van der Waals surface area contributed by atoms with E-state index < -0.39 is 0 Å². The van der Waals surface area contributed by atoms with Crippen molar-refractivity contribution < 1.29 is 0 Å². The summed E-state index contributed by atoms with van der Waals surface area (Å²) in [6.07, 6.45) is 2.26. The molecular formula is C12H20N6. The molecule has 0 aliphatic heterocycles. The van der Waals surface area contributed by atoms with Crippen molar-refractivity contribution in [2.24, 2.45) is 5.84 Å². The number of nitrogens with one attached hydrogen (secondary N) is 1. The molecule has 18 heavy (non-hydrogen) atoms. The Labute approximate surface area is 108 Å². The molecule has 1 aromatic rings. The molecule has 0 unspecified atom stereocenters. The molecule has 0 aromatic carbocycles. The minimum atomic E-state index is 0.467. The van der Waals surface area contributed by atoms with Crippen LogP contribution < -0.4 is 16.2 Å². The molecule has 0 atom stereocenters. The van der Waals surface area contributed by atoms with Crippen molar-refractivity contribution in [2.45, 2.75) is 33.1 Å². The van der Waals surface area contributed by atoms with E-state index in [1.807, 2.05) is 18.9 Å². The molecule has 6 nitrogen and oxygen atoms in total. The number of anilines is 2. The number of nitrogens with two attached hydrogens (primary N) is 1. The molecular weight excluding hydrogens is 228 g/mol. The van der Waals surface area contributed by atoms with Gasteiger partial charge in [-0.25, -0.2) is 15.8 Å². The molecule has 0 saturated carbocycles. The first kappa shape index (κ1) is 14.2. The molecule has 1 aromatic heterocycles. The molecule has 0 bridgehead atoms. The lowest BCUT2D eigenvalue weighted by atomic mass is 10.2. The Hall–Kier alpha value is -1.87. The molecule has 0 aliphatic carbocycles. The Bertz CT molecular complexity index is 437. The van der Waals surface area contributed by atoms with E-state index in [9.17, 15) is 0 Å². The monoisotopic (exact) mass is 248 g/mol. The van der Waals surface area contributed by atoms with Crippen LogP contribution in [0.5, 0.6) is 0 Å². The van der Waals surface area contributed by atoms with Crippen LogP contribution in [-0.4, -0.2) is 23.6 Å². The van der Waals surface area contributed by atoms with E-state index in [0.29, 0.717) is 18.8 Å². The third-order valence-corrected chi connectivity index (χ3v) is 2.70. The molecule has 0 spiro atoms. The first-order chi connectivity index (χ1) is 8.63. The average molecular weight is 248 g/mol. The van der Waals surface area contributed by atoms with Crippen molar-refractivity contribution in [2.75, 3.05) is 23.9 Å². The van der Waals surface area contributed by atoms with E-state index in [2.05, 4.69) is 28.4 Å². The van der Waals surface area contributed by atoms with Crippen LogP contribution in [0.2, 0.25) is 0 Å². The molecule has 0 fully saturated rings. The first-order valence-electron chi connectivity index (χ1n) is 6.06. The molecule has 0 amide bonds. The standard InChI is InChI=1S/C12H20N6/c1-4-6-10-15-11(17-14)9(2)12(16-10)18(3)8-5-7-13/h4-6,8,14H2,1-3H3,(H,15,16,17). The first-order valence-corrected chi connectivity index (χ1v) is 6.06. The van der Waals surface area contributed by atoms with E-state index in [1.54, 1.807) is 0 Å². The van der Waals surface area contributed by atoms with Gasteiger partial charge in [0.25, 0.3) is 0 Å². The Kier molecular flexibility index (Phi) is 5.33. The summed E-state index contributed by atoms with van der Waals surface area (Å²) in [6.45, 7) is 4.64. The zero-order valence-corrected chi connectivity index (χ0v) is 11.2. The predicted octanol–water partition coefficient (Wildman–Crippen LogP) is 1.37. The molecule has 0 radical (unpaired) electrons. The van der Waals surface area contributed by atoms with Gasteiger partial charge in [0.15, 0.2) is 0 Å². The number of nitriles is 1. The average Bonchev–Trinajstić information content (AvgIpc) is 2.38. The van der Waals surface area contributed by atoms with Gasteiger partial charge in [-0.3, -0.25) is 0 Å². The Morgan fingerprint density at radius 1 is 1.44 bits per heavy atom. The highest BCUT2D eigenvalue weighted by molar-refractivity contribution is 5.57. The number of aryl methyl sites for hydroxylation is 1. The zero-order chi connectivity index (χ0) is 13.5. The van der Waals surface area contributed by atoms with Crippen molar-refractivity contribution in [3.63, 3.8) is 0 Å². The zero-order valence-electron chi connectivity index (χ0n) is 11.2. The topological polar surface area (TPSA) is 90.9 Å². The summed E-state index contributed by atoms with van der Waals surface area (Å²) in [5, 5.41) is 8.63. The fourth-order valence-electron chi connectivity index (χ4n) is 1.72. The van der Waals surface area contributed by atoms with E-state index >= 15 is 0 Å². The number of hydrogen-bond acceptors (Lipinski definition) is 6. The van der Waals surface area contributed by atoms with Crippen LogP contribution in [0.25, 0.3) is 0 Å². The van der Waals surface area contributed by atoms with Crippen molar-refractivity contribution >= 4 is 11.6 Å². The molecule has 3 N–H and O–H groups in total. The van der Waals surface area contributed by atoms with E-state index in [1.165, 1.54) is 0 Å². The number of hydrazine groups is 1. The minimum absolute atomic E-state index is 0.467. The molecule has 0 aliphatic rings. The summed E-state index contributed by atoms with van der Waals surface area (Å²) in [4.78, 5) is 10.9. The van der Waals surface area contributed by atoms with E-state index in [-0.39, 0.29) is 0 Å². The second-order valence-electron chi connectivity index (χ2n) is 4.16. The summed E-state index contributed by atoms with van der Waals surface area (Å²) < 4.78 is 0. The van der Waals surface area contributed by atoms with Crippen LogP contribution in [0.1, 0.15) is 31.2 Å². The largest absolute Gasteiger partial charge is 0.358 e. The lowest BCUT2D eigenvalue weighted by Crippen LogP contribution is -2.23. The van der Waals surface area contributed by atoms with Gasteiger partial charge >= 0.3 is 0 Å². The van der Waals surface area contributed by atoms with Gasteiger partial charge in [0.05, 0.1) is 12.5 Å². The van der Waals surface area contributed by atoms with Crippen molar-refractivity contribution in [1.29, 1.82) is 5.26 Å². The van der Waals surface area contributed by atoms with Gasteiger partial charge in [-0.2, -0.15) is 5.26 Å². The number of nitrogens with zero attached hydrogens (tertiary/aromatic N) is 4. The molecule has 0 saturated heterocycles. The maximum atomic E-state index is 8.63. The number of aromatic nitrogens is 2. The fraction of sp³-hybridized carbons (Fsp3) is 0.583. The van der Waals surface area contributed by atoms with Crippen LogP contribution in [0, 0.1) is 18.3 Å². The van der Waals surface area contributed by atoms with Crippen LogP contribution in [0.4, 0.5) is 11.6 Å². The smallest absolute Gasteiger partial charge is 0.148 e. The number of nitrogen functional groups attached to an aromatic ring is 1. The molecule has 1 heterocycles. The van der Waals surface area contributed by atoms with Gasteiger partial charge in [-0.1, -0.05) is 6.92 Å². The SMILES string of the molecule is CCCc1nc(NN)c(C)c(N(C)CCC#N)n1. The van der Waals surface area contributed by atoms with Crippen LogP contribution >= 0.6 is 0 Å². The third-order valence-electron chi connectivity index (χ3n) is 2.70. The highest BCUT2D eigenvalue weighted by Crippen LogP contribution is 2.22. The normalized spacial score (nSPS) is 9.94. The highest BCUT2D eigenvalue weighted by atomic mass is 15.3. The maximum Gasteiger partial charge on any atom is 0.148 e. The molecule has 1 rings (SSSR count). The van der Waals surface area contributed by atoms with Gasteiger partial charge in [0.1, 0.15) is 17.5 Å². The summed E-state index contributed by atoms with van der Waals surface area (Å²) in [5.41, 5.74) is 3.50. The van der Waals surface area contributed by atoms with E-state index in [0.717, 1.165) is 30.0 Å². The Balaban J connectivity index is 3.08. The summed E-state index contributed by atoms with van der Waals surface area (Å²) >= 11 is 0. The Morgan fingerprint density at radius 3 is 2.72 bits per heavy atom. The lowest BCUT2D eigenvalue weighted by Gasteiger charge is -2.21. The summed E-state index contributed by atoms with van der Waals surface area (Å²) in [6, 6.07) is 2.13. The van der Waals surface area contributed by atoms with Crippen molar-refractivity contribution in [3.05, 3.63) is 11.4 Å². The molecule has 6 heteroatoms. The van der Waals surface area contributed by atoms with Crippen LogP contribution in [0.3, 0.4) is 0 Å². The summed E-state index contributed by atoms with van der Waals surface area (Å²) in [7, 11) is 1.92. The predicted molar refractivity (Wildman–Crippen MR) is 72.1 cm³/mol. The summed E-state index contributed by atoms with van der Waals surface area (Å²) in [5.74, 6) is 7.72. The van der Waals surface area contributed by atoms with Crippen LogP contribution in [-0.2, 0) is 6.42 Å². The highest BCUT2D eigenvalue weighted by Gasteiger charge is 2.13.